The van der Waals surface area contributed by atoms with E-state index in [1.165, 1.54) is 86.9 Å². The van der Waals surface area contributed by atoms with Crippen molar-refractivity contribution in [3.05, 3.63) is 151 Å². The minimum Gasteiger partial charge on any atom is -0.130 e. The first-order valence-electron chi connectivity index (χ1n) is 14.8. The van der Waals surface area contributed by atoms with Gasteiger partial charge in [-0.2, -0.15) is 0 Å². The molecule has 204 valence electrons. The van der Waals surface area contributed by atoms with Gasteiger partial charge < -0.3 is 0 Å². The molecular formula is C42H30S. The summed E-state index contributed by atoms with van der Waals surface area (Å²) in [5, 5.41) is 10.3. The van der Waals surface area contributed by atoms with Gasteiger partial charge in [-0.1, -0.05) is 133 Å². The molecule has 0 heterocycles. The van der Waals surface area contributed by atoms with Crippen molar-refractivity contribution < 1.29 is 0 Å². The van der Waals surface area contributed by atoms with E-state index < -0.39 is 0 Å². The van der Waals surface area contributed by atoms with E-state index in [9.17, 15) is 0 Å². The van der Waals surface area contributed by atoms with E-state index in [2.05, 4.69) is 159 Å². The summed E-state index contributed by atoms with van der Waals surface area (Å²) in [5.74, 6) is 0. The molecule has 0 nitrogen and oxygen atoms in total. The summed E-state index contributed by atoms with van der Waals surface area (Å²) in [4.78, 5) is 1.27. The van der Waals surface area contributed by atoms with Gasteiger partial charge in [-0.15, -0.1) is 11.8 Å². The first-order valence-corrected chi connectivity index (χ1v) is 16.0. The first kappa shape index (κ1) is 25.8. The number of rotatable bonds is 4. The van der Waals surface area contributed by atoms with E-state index in [1.54, 1.807) is 11.8 Å². The van der Waals surface area contributed by atoms with Gasteiger partial charge >= 0.3 is 0 Å². The van der Waals surface area contributed by atoms with Crippen molar-refractivity contribution in [3.8, 4) is 33.4 Å². The lowest BCUT2D eigenvalue weighted by molar-refractivity contribution is 1.49. The Kier molecular flexibility index (Phi) is 6.28. The van der Waals surface area contributed by atoms with Crippen LogP contribution in [0.5, 0.6) is 0 Å². The van der Waals surface area contributed by atoms with Gasteiger partial charge in [0, 0.05) is 4.90 Å². The molecule has 8 aromatic carbocycles. The summed E-state index contributed by atoms with van der Waals surface area (Å²) < 4.78 is 0. The highest BCUT2D eigenvalue weighted by molar-refractivity contribution is 7.98. The zero-order valence-electron chi connectivity index (χ0n) is 24.3. The normalized spacial score (nSPS) is 11.6. The van der Waals surface area contributed by atoms with E-state index in [0.717, 1.165) is 0 Å². The summed E-state index contributed by atoms with van der Waals surface area (Å²) in [6, 6.07) is 53.9. The van der Waals surface area contributed by atoms with Crippen LogP contribution in [0.15, 0.2) is 150 Å². The van der Waals surface area contributed by atoms with Gasteiger partial charge in [-0.3, -0.25) is 0 Å². The molecule has 0 amide bonds. The van der Waals surface area contributed by atoms with Crippen molar-refractivity contribution in [3.63, 3.8) is 0 Å². The average molecular weight is 567 g/mol. The summed E-state index contributed by atoms with van der Waals surface area (Å²) in [7, 11) is 0. The monoisotopic (exact) mass is 566 g/mol. The minimum absolute atomic E-state index is 1.23. The fraction of sp³-hybridized carbons (Fsp3) is 0.0476. The Hall–Kier alpha value is -4.85. The second-order valence-electron chi connectivity index (χ2n) is 11.4. The molecule has 0 N–H and O–H groups in total. The van der Waals surface area contributed by atoms with Crippen molar-refractivity contribution in [2.24, 2.45) is 0 Å². The maximum Gasteiger partial charge on any atom is 0.00757 e. The summed E-state index contributed by atoms with van der Waals surface area (Å²) in [6.07, 6.45) is 2.16. The standard InChI is InChI=1S/C42H30S/c1-27-14-22-37-39(24-27)42(36-13-7-11-30-9-5-6-12-35(30)36)38-23-21-34(43-2)26-40(38)41(37)31-18-15-29(16-19-31)33-20-17-28-8-3-4-10-32(28)25-33/h3-26H,1-2H3. The van der Waals surface area contributed by atoms with Gasteiger partial charge in [-0.25, -0.2) is 0 Å². The van der Waals surface area contributed by atoms with Gasteiger partial charge in [-0.05, 0) is 108 Å². The summed E-state index contributed by atoms with van der Waals surface area (Å²) in [6.45, 7) is 2.20. The van der Waals surface area contributed by atoms with E-state index in [-0.39, 0.29) is 0 Å². The van der Waals surface area contributed by atoms with Crippen LogP contribution < -0.4 is 0 Å². The SMILES string of the molecule is CSc1ccc2c(-c3cccc4ccccc34)c3cc(C)ccc3c(-c3ccc(-c4ccc5ccccc5c4)cc3)c2c1. The lowest BCUT2D eigenvalue weighted by atomic mass is 9.84. The molecule has 0 spiro atoms. The van der Waals surface area contributed by atoms with E-state index >= 15 is 0 Å². The van der Waals surface area contributed by atoms with E-state index in [0.29, 0.717) is 0 Å². The van der Waals surface area contributed by atoms with Crippen LogP contribution >= 0.6 is 11.8 Å². The molecule has 8 aromatic rings. The van der Waals surface area contributed by atoms with Gasteiger partial charge in [0.15, 0.2) is 0 Å². The highest BCUT2D eigenvalue weighted by Crippen LogP contribution is 2.46. The van der Waals surface area contributed by atoms with Crippen molar-refractivity contribution in [1.29, 1.82) is 0 Å². The van der Waals surface area contributed by atoms with Crippen LogP contribution in [0.2, 0.25) is 0 Å². The predicted octanol–water partition coefficient (Wildman–Crippen LogP) is 12.3. The molecule has 0 aromatic heterocycles. The maximum absolute atomic E-state index is 2.39. The molecule has 0 fully saturated rings. The van der Waals surface area contributed by atoms with Crippen molar-refractivity contribution >= 4 is 54.9 Å². The van der Waals surface area contributed by atoms with Crippen LogP contribution in [0.25, 0.3) is 76.5 Å². The lowest BCUT2D eigenvalue weighted by Crippen LogP contribution is -1.93. The van der Waals surface area contributed by atoms with E-state index in [1.807, 2.05) is 0 Å². The third kappa shape index (κ3) is 4.40. The molecule has 0 radical (unpaired) electrons. The Morgan fingerprint density at radius 1 is 0.395 bits per heavy atom. The number of aryl methyl sites for hydroxylation is 1. The van der Waals surface area contributed by atoms with E-state index in [4.69, 9.17) is 0 Å². The zero-order valence-corrected chi connectivity index (χ0v) is 25.1. The molecule has 43 heavy (non-hydrogen) atoms. The molecule has 0 saturated carbocycles. The van der Waals surface area contributed by atoms with Gasteiger partial charge in [0.25, 0.3) is 0 Å². The minimum atomic E-state index is 1.23. The number of benzene rings is 8. The Balaban J connectivity index is 1.40. The van der Waals surface area contributed by atoms with Crippen LogP contribution in [0.4, 0.5) is 0 Å². The molecule has 0 atom stereocenters. The molecule has 0 aliphatic carbocycles. The van der Waals surface area contributed by atoms with Gasteiger partial charge in [0.05, 0.1) is 0 Å². The third-order valence-electron chi connectivity index (χ3n) is 8.79. The zero-order chi connectivity index (χ0) is 28.9. The summed E-state index contributed by atoms with van der Waals surface area (Å²) in [5.41, 5.74) is 8.89. The second-order valence-corrected chi connectivity index (χ2v) is 12.3. The molecule has 0 aliphatic heterocycles. The fourth-order valence-electron chi connectivity index (χ4n) is 6.69. The molecular weight excluding hydrogens is 537 g/mol. The Morgan fingerprint density at radius 2 is 1.05 bits per heavy atom. The van der Waals surface area contributed by atoms with Crippen LogP contribution in [0.3, 0.4) is 0 Å². The Morgan fingerprint density at radius 3 is 1.88 bits per heavy atom. The van der Waals surface area contributed by atoms with Crippen molar-refractivity contribution in [2.45, 2.75) is 11.8 Å². The van der Waals surface area contributed by atoms with Crippen LogP contribution in [0.1, 0.15) is 5.56 Å². The Labute approximate surface area is 256 Å². The largest absolute Gasteiger partial charge is 0.130 e. The average Bonchev–Trinajstić information content (AvgIpc) is 3.06. The smallest absolute Gasteiger partial charge is 0.00757 e. The van der Waals surface area contributed by atoms with Crippen LogP contribution in [0, 0.1) is 6.92 Å². The maximum atomic E-state index is 2.39. The third-order valence-corrected chi connectivity index (χ3v) is 9.52. The highest BCUT2D eigenvalue weighted by Gasteiger charge is 2.19. The molecule has 0 aliphatic rings. The number of hydrogen-bond donors (Lipinski definition) is 0. The van der Waals surface area contributed by atoms with Crippen molar-refractivity contribution in [1.82, 2.24) is 0 Å². The van der Waals surface area contributed by atoms with Gasteiger partial charge in [0.2, 0.25) is 0 Å². The number of thioether (sulfide) groups is 1. The van der Waals surface area contributed by atoms with Crippen molar-refractivity contribution in [2.75, 3.05) is 6.26 Å². The summed E-state index contributed by atoms with van der Waals surface area (Å²) >= 11 is 1.80. The molecule has 8 rings (SSSR count). The lowest BCUT2D eigenvalue weighted by Gasteiger charge is -2.20. The predicted molar refractivity (Wildman–Crippen MR) is 189 cm³/mol. The fourth-order valence-corrected chi connectivity index (χ4v) is 7.13. The topological polar surface area (TPSA) is 0 Å². The van der Waals surface area contributed by atoms with Crippen LogP contribution in [-0.4, -0.2) is 6.26 Å². The number of fused-ring (bicyclic) bond motifs is 4. The number of hydrogen-bond acceptors (Lipinski definition) is 1. The molecule has 1 heteroatoms. The second kappa shape index (κ2) is 10.5. The molecule has 0 saturated heterocycles. The Bertz CT molecular complexity index is 2320. The quantitative estimate of drug-likeness (QED) is 0.151. The molecule has 0 bridgehead atoms. The highest BCUT2D eigenvalue weighted by atomic mass is 32.2. The van der Waals surface area contributed by atoms with Crippen LogP contribution in [-0.2, 0) is 0 Å². The van der Waals surface area contributed by atoms with Gasteiger partial charge in [0.1, 0.15) is 0 Å². The first-order chi connectivity index (χ1) is 21.2. The molecule has 0 unspecified atom stereocenters.